The van der Waals surface area contributed by atoms with Crippen LogP contribution in [0.2, 0.25) is 0 Å². The van der Waals surface area contributed by atoms with E-state index < -0.39 is 0 Å². The third kappa shape index (κ3) is 2.19. The molecule has 0 unspecified atom stereocenters. The molecule has 2 N–H and O–H groups in total. The molecular weight excluding hydrogens is 152 g/mol. The normalized spacial score (nSPS) is 19.5. The second kappa shape index (κ2) is 3.52. The summed E-state index contributed by atoms with van der Waals surface area (Å²) in [6, 6.07) is 0. The molecule has 0 heterocycles. The molecule has 3 heteroatoms. The van der Waals surface area contributed by atoms with Crippen molar-refractivity contribution in [2.45, 2.75) is 19.8 Å². The number of aliphatic imine (C=N–C) groups is 1. The van der Waals surface area contributed by atoms with Crippen molar-refractivity contribution >= 4 is 11.6 Å². The second-order valence-electron chi connectivity index (χ2n) is 3.11. The maximum Gasteiger partial charge on any atom is 0.244 e. The minimum Gasteiger partial charge on any atom is -0.366 e. The molecule has 0 aromatic carbocycles. The zero-order valence-corrected chi connectivity index (χ0v) is 7.50. The van der Waals surface area contributed by atoms with Gasteiger partial charge in [-0.15, -0.1) is 0 Å². The van der Waals surface area contributed by atoms with Gasteiger partial charge in [-0.2, -0.15) is 0 Å². The van der Waals surface area contributed by atoms with Crippen LogP contribution in [0.25, 0.3) is 0 Å². The van der Waals surface area contributed by atoms with Crippen LogP contribution in [0.1, 0.15) is 19.8 Å². The molecule has 0 atom stereocenters. The van der Waals surface area contributed by atoms with Gasteiger partial charge in [-0.1, -0.05) is 0 Å². The number of allylic oxidation sites excluding steroid dienone is 1. The Hall–Kier alpha value is -1.12. The van der Waals surface area contributed by atoms with Crippen LogP contribution in [0.15, 0.2) is 16.6 Å². The summed E-state index contributed by atoms with van der Waals surface area (Å²) < 4.78 is 0. The summed E-state index contributed by atoms with van der Waals surface area (Å²) in [6.07, 6.45) is 4.17. The Labute approximate surface area is 72.4 Å². The number of hydrogen-bond acceptors (Lipinski definition) is 2. The summed E-state index contributed by atoms with van der Waals surface area (Å²) in [6.45, 7) is 1.72. The first kappa shape index (κ1) is 8.97. The number of carbonyl (C=O) groups is 1. The van der Waals surface area contributed by atoms with Gasteiger partial charge in [0.15, 0.2) is 0 Å². The van der Waals surface area contributed by atoms with Gasteiger partial charge in [0.2, 0.25) is 5.91 Å². The molecule has 1 amide bonds. The molecular formula is C9H14N2O. The van der Waals surface area contributed by atoms with Gasteiger partial charge in [0.1, 0.15) is 0 Å². The highest BCUT2D eigenvalue weighted by Crippen LogP contribution is 2.31. The SMILES string of the molecule is CN=C(/C=C(\C)C(N)=O)C1CC1. The largest absolute Gasteiger partial charge is 0.366 e. The number of nitrogens with two attached hydrogens (primary N) is 1. The maximum atomic E-state index is 10.7. The van der Waals surface area contributed by atoms with Crippen LogP contribution in [0.4, 0.5) is 0 Å². The predicted octanol–water partition coefficient (Wildman–Crippen LogP) is 0.899. The van der Waals surface area contributed by atoms with E-state index in [1.807, 2.05) is 0 Å². The third-order valence-corrected chi connectivity index (χ3v) is 2.01. The second-order valence-corrected chi connectivity index (χ2v) is 3.11. The lowest BCUT2D eigenvalue weighted by Crippen LogP contribution is -2.13. The first-order chi connectivity index (χ1) is 5.65. The zero-order chi connectivity index (χ0) is 9.14. The number of nitrogens with zero attached hydrogens (tertiary/aromatic N) is 1. The van der Waals surface area contributed by atoms with E-state index >= 15 is 0 Å². The average Bonchev–Trinajstić information content (AvgIpc) is 2.82. The van der Waals surface area contributed by atoms with Crippen LogP contribution in [-0.4, -0.2) is 18.7 Å². The van der Waals surface area contributed by atoms with Crippen molar-refractivity contribution in [3.05, 3.63) is 11.6 Å². The fourth-order valence-corrected chi connectivity index (χ4v) is 1.04. The molecule has 0 aromatic rings. The summed E-state index contributed by atoms with van der Waals surface area (Å²) in [7, 11) is 1.75. The van der Waals surface area contributed by atoms with Crippen LogP contribution < -0.4 is 5.73 Å². The summed E-state index contributed by atoms with van der Waals surface area (Å²) in [4.78, 5) is 14.8. The van der Waals surface area contributed by atoms with Crippen molar-refractivity contribution in [3.63, 3.8) is 0 Å². The third-order valence-electron chi connectivity index (χ3n) is 2.01. The maximum absolute atomic E-state index is 10.7. The van der Waals surface area contributed by atoms with E-state index in [9.17, 15) is 4.79 Å². The fourth-order valence-electron chi connectivity index (χ4n) is 1.04. The minimum atomic E-state index is -0.364. The van der Waals surface area contributed by atoms with Crippen LogP contribution in [0.5, 0.6) is 0 Å². The summed E-state index contributed by atoms with van der Waals surface area (Å²) in [5.74, 6) is 0.209. The van der Waals surface area contributed by atoms with E-state index in [0.717, 1.165) is 5.71 Å². The topological polar surface area (TPSA) is 55.4 Å². The molecule has 0 aliphatic heterocycles. The van der Waals surface area contributed by atoms with Crippen LogP contribution >= 0.6 is 0 Å². The Kier molecular flexibility index (Phi) is 2.63. The number of amides is 1. The van der Waals surface area contributed by atoms with Gasteiger partial charge in [0.05, 0.1) is 0 Å². The number of rotatable bonds is 3. The Balaban J connectivity index is 2.68. The highest BCUT2D eigenvalue weighted by molar-refractivity contribution is 6.05. The Morgan fingerprint density at radius 2 is 2.17 bits per heavy atom. The smallest absolute Gasteiger partial charge is 0.244 e. The van der Waals surface area contributed by atoms with Gasteiger partial charge in [-0.05, 0) is 25.8 Å². The Morgan fingerprint density at radius 1 is 1.58 bits per heavy atom. The monoisotopic (exact) mass is 166 g/mol. The molecule has 66 valence electrons. The summed E-state index contributed by atoms with van der Waals surface area (Å²) >= 11 is 0. The number of carbonyl (C=O) groups excluding carboxylic acids is 1. The van der Waals surface area contributed by atoms with E-state index in [0.29, 0.717) is 11.5 Å². The summed E-state index contributed by atoms with van der Waals surface area (Å²) in [5.41, 5.74) is 6.69. The van der Waals surface area contributed by atoms with Crippen LogP contribution in [0, 0.1) is 5.92 Å². The fraction of sp³-hybridized carbons (Fsp3) is 0.556. The van der Waals surface area contributed by atoms with E-state index in [1.165, 1.54) is 12.8 Å². The standard InChI is InChI=1S/C9H14N2O/c1-6(9(10)12)5-8(11-2)7-3-4-7/h5,7H,3-4H2,1-2H3,(H2,10,12)/b6-5+,11-8?. The lowest BCUT2D eigenvalue weighted by molar-refractivity contribution is -0.114. The van der Waals surface area contributed by atoms with Gasteiger partial charge < -0.3 is 5.73 Å². The zero-order valence-electron chi connectivity index (χ0n) is 7.50. The Bertz CT molecular complexity index is 249. The minimum absolute atomic E-state index is 0.364. The molecule has 1 saturated carbocycles. The molecule has 1 aliphatic rings. The van der Waals surface area contributed by atoms with E-state index in [-0.39, 0.29) is 5.91 Å². The Morgan fingerprint density at radius 3 is 2.50 bits per heavy atom. The molecule has 0 aromatic heterocycles. The molecule has 0 spiro atoms. The molecule has 3 nitrogen and oxygen atoms in total. The van der Waals surface area contributed by atoms with E-state index in [2.05, 4.69) is 4.99 Å². The predicted molar refractivity (Wildman–Crippen MR) is 49.0 cm³/mol. The van der Waals surface area contributed by atoms with Crippen molar-refractivity contribution in [1.82, 2.24) is 0 Å². The molecule has 1 aliphatic carbocycles. The average molecular weight is 166 g/mol. The summed E-state index contributed by atoms with van der Waals surface area (Å²) in [5, 5.41) is 0. The van der Waals surface area contributed by atoms with Crippen LogP contribution in [-0.2, 0) is 4.79 Å². The van der Waals surface area contributed by atoms with Crippen molar-refractivity contribution < 1.29 is 4.79 Å². The lowest BCUT2D eigenvalue weighted by atomic mass is 10.1. The van der Waals surface area contributed by atoms with Gasteiger partial charge in [0, 0.05) is 24.3 Å². The lowest BCUT2D eigenvalue weighted by Gasteiger charge is -1.97. The quantitative estimate of drug-likeness (QED) is 0.491. The first-order valence-electron chi connectivity index (χ1n) is 4.10. The first-order valence-corrected chi connectivity index (χ1v) is 4.10. The molecule has 0 saturated heterocycles. The molecule has 0 radical (unpaired) electrons. The van der Waals surface area contributed by atoms with Crippen molar-refractivity contribution in [2.24, 2.45) is 16.6 Å². The van der Waals surface area contributed by atoms with E-state index in [1.54, 1.807) is 20.0 Å². The molecule has 12 heavy (non-hydrogen) atoms. The molecule has 0 bridgehead atoms. The number of hydrogen-bond donors (Lipinski definition) is 1. The highest BCUT2D eigenvalue weighted by atomic mass is 16.1. The number of primary amides is 1. The van der Waals surface area contributed by atoms with Gasteiger partial charge in [-0.3, -0.25) is 9.79 Å². The highest BCUT2D eigenvalue weighted by Gasteiger charge is 2.25. The van der Waals surface area contributed by atoms with Crippen LogP contribution in [0.3, 0.4) is 0 Å². The van der Waals surface area contributed by atoms with Crippen molar-refractivity contribution in [2.75, 3.05) is 7.05 Å². The van der Waals surface area contributed by atoms with E-state index in [4.69, 9.17) is 5.73 Å². The molecule has 1 fully saturated rings. The van der Waals surface area contributed by atoms with Crippen molar-refractivity contribution in [1.29, 1.82) is 0 Å². The van der Waals surface area contributed by atoms with Gasteiger partial charge in [-0.25, -0.2) is 0 Å². The van der Waals surface area contributed by atoms with Gasteiger partial charge in [0.25, 0.3) is 0 Å². The van der Waals surface area contributed by atoms with Crippen molar-refractivity contribution in [3.8, 4) is 0 Å². The van der Waals surface area contributed by atoms with Gasteiger partial charge >= 0.3 is 0 Å². The molecule has 1 rings (SSSR count).